The van der Waals surface area contributed by atoms with Gasteiger partial charge in [-0.1, -0.05) is 23.4 Å². The highest BCUT2D eigenvalue weighted by molar-refractivity contribution is 6.12. The molecule has 1 aliphatic heterocycles. The summed E-state index contributed by atoms with van der Waals surface area (Å²) in [4.78, 5) is 20.7. The maximum Gasteiger partial charge on any atom is 0.255 e. The van der Waals surface area contributed by atoms with Crippen LogP contribution in [0.15, 0.2) is 64.7 Å². The number of halogens is 2. The number of hydrogen-bond donors (Lipinski definition) is 0. The molecule has 0 amide bonds. The predicted molar refractivity (Wildman–Crippen MR) is 130 cm³/mol. The number of hydrogen-bond acceptors (Lipinski definition) is 4. The third kappa shape index (κ3) is 5.25. The monoisotopic (exact) mass is 465 g/mol. The molecule has 1 saturated heterocycles. The average Bonchev–Trinajstić information content (AvgIpc) is 2.80. The molecule has 3 aromatic rings. The molecule has 34 heavy (non-hydrogen) atoms. The number of likely N-dealkylation sites (tertiary alicyclic amines) is 1. The van der Waals surface area contributed by atoms with Gasteiger partial charge in [0.1, 0.15) is 24.0 Å². The molecule has 0 atom stereocenters. The Kier molecular flexibility index (Phi) is 7.22. The number of pyridine rings is 1. The third-order valence-corrected chi connectivity index (χ3v) is 6.36. The lowest BCUT2D eigenvalue weighted by Gasteiger charge is -2.27. The topological polar surface area (TPSA) is 46.8 Å². The molecule has 1 aliphatic rings. The molecule has 2 heterocycles. The summed E-state index contributed by atoms with van der Waals surface area (Å²) < 4.78 is 29.9. The van der Waals surface area contributed by atoms with Gasteiger partial charge < -0.3 is 9.74 Å². The van der Waals surface area contributed by atoms with Crippen LogP contribution in [0.2, 0.25) is 0 Å². The quantitative estimate of drug-likeness (QED) is 0.387. The summed E-state index contributed by atoms with van der Waals surface area (Å²) in [6, 6.07) is 12.2. The molecule has 178 valence electrons. The minimum Gasteiger partial charge on any atom is -0.395 e. The van der Waals surface area contributed by atoms with E-state index >= 15 is 0 Å². The van der Waals surface area contributed by atoms with Gasteiger partial charge in [-0.05, 0) is 82.1 Å². The standard InChI is InChI=1S/C27H29F2N3O2/c1-18-5-4-6-19(2)27(18)32-16-21(7-10-25(32)33)26(23-9-8-22(28)15-24(23)29)30-34-17-20-11-13-31(3)14-12-20/h4-10,15-16,20H,11-14,17H2,1-3H3. The molecule has 0 spiro atoms. The van der Waals surface area contributed by atoms with Crippen molar-refractivity contribution in [1.82, 2.24) is 9.47 Å². The normalized spacial score (nSPS) is 15.5. The number of benzene rings is 2. The van der Waals surface area contributed by atoms with Gasteiger partial charge in [-0.15, -0.1) is 0 Å². The Labute approximate surface area is 198 Å². The van der Waals surface area contributed by atoms with Crippen molar-refractivity contribution in [2.75, 3.05) is 26.7 Å². The molecule has 2 aromatic carbocycles. The molecular formula is C27H29F2N3O2. The van der Waals surface area contributed by atoms with Crippen molar-refractivity contribution in [3.63, 3.8) is 0 Å². The first kappa shape index (κ1) is 23.8. The average molecular weight is 466 g/mol. The first-order chi connectivity index (χ1) is 16.3. The molecule has 0 radical (unpaired) electrons. The van der Waals surface area contributed by atoms with E-state index in [1.807, 2.05) is 32.0 Å². The van der Waals surface area contributed by atoms with Crippen molar-refractivity contribution in [2.24, 2.45) is 11.1 Å². The maximum absolute atomic E-state index is 14.8. The molecule has 0 unspecified atom stereocenters. The smallest absolute Gasteiger partial charge is 0.255 e. The van der Waals surface area contributed by atoms with Gasteiger partial charge in [0.05, 0.1) is 5.69 Å². The summed E-state index contributed by atoms with van der Waals surface area (Å²) in [5.41, 5.74) is 3.24. The summed E-state index contributed by atoms with van der Waals surface area (Å²) in [5, 5.41) is 4.30. The lowest BCUT2D eigenvalue weighted by molar-refractivity contribution is 0.0774. The molecule has 0 saturated carbocycles. The van der Waals surface area contributed by atoms with E-state index in [0.29, 0.717) is 18.1 Å². The lowest BCUT2D eigenvalue weighted by atomic mass is 9.98. The second-order valence-corrected chi connectivity index (χ2v) is 8.97. The fourth-order valence-electron chi connectivity index (χ4n) is 4.36. The van der Waals surface area contributed by atoms with E-state index < -0.39 is 11.6 Å². The summed E-state index contributed by atoms with van der Waals surface area (Å²) in [6.07, 6.45) is 3.64. The highest BCUT2D eigenvalue weighted by Crippen LogP contribution is 2.21. The Hall–Kier alpha value is -3.32. The van der Waals surface area contributed by atoms with Crippen molar-refractivity contribution in [3.05, 3.63) is 99.0 Å². The molecule has 0 aliphatic carbocycles. The first-order valence-electron chi connectivity index (χ1n) is 11.5. The Morgan fingerprint density at radius 2 is 1.76 bits per heavy atom. The van der Waals surface area contributed by atoms with E-state index in [1.165, 1.54) is 22.8 Å². The highest BCUT2D eigenvalue weighted by Gasteiger charge is 2.19. The van der Waals surface area contributed by atoms with Gasteiger partial charge in [0.25, 0.3) is 5.56 Å². The van der Waals surface area contributed by atoms with E-state index in [4.69, 9.17) is 4.84 Å². The van der Waals surface area contributed by atoms with Crippen molar-refractivity contribution < 1.29 is 13.6 Å². The molecule has 0 N–H and O–H groups in total. The molecule has 7 heteroatoms. The van der Waals surface area contributed by atoms with Crippen molar-refractivity contribution in [3.8, 4) is 5.69 Å². The molecule has 1 fully saturated rings. The van der Waals surface area contributed by atoms with Gasteiger partial charge in [0, 0.05) is 29.5 Å². The number of aromatic nitrogens is 1. The second-order valence-electron chi connectivity index (χ2n) is 8.97. The molecule has 1 aromatic heterocycles. The van der Waals surface area contributed by atoms with Crippen molar-refractivity contribution in [2.45, 2.75) is 26.7 Å². The Morgan fingerprint density at radius 1 is 1.06 bits per heavy atom. The molecular weight excluding hydrogens is 436 g/mol. The van der Waals surface area contributed by atoms with Crippen LogP contribution in [0.25, 0.3) is 5.69 Å². The Balaban J connectivity index is 1.74. The second kappa shape index (κ2) is 10.3. The van der Waals surface area contributed by atoms with Crippen LogP contribution in [-0.2, 0) is 4.84 Å². The Bertz CT molecular complexity index is 1240. The van der Waals surface area contributed by atoms with E-state index in [9.17, 15) is 13.6 Å². The Morgan fingerprint density at radius 3 is 2.44 bits per heavy atom. The summed E-state index contributed by atoms with van der Waals surface area (Å²) in [7, 11) is 2.09. The van der Waals surface area contributed by atoms with Crippen molar-refractivity contribution in [1.29, 1.82) is 0 Å². The number of nitrogens with zero attached hydrogens (tertiary/aromatic N) is 3. The van der Waals surface area contributed by atoms with Gasteiger partial charge in [-0.25, -0.2) is 8.78 Å². The van der Waals surface area contributed by atoms with Crippen LogP contribution < -0.4 is 5.56 Å². The van der Waals surface area contributed by atoms with Gasteiger partial charge >= 0.3 is 0 Å². The maximum atomic E-state index is 14.8. The number of rotatable bonds is 6. The minimum absolute atomic E-state index is 0.108. The zero-order chi connectivity index (χ0) is 24.2. The van der Waals surface area contributed by atoms with Crippen LogP contribution in [0.1, 0.15) is 35.1 Å². The zero-order valence-electron chi connectivity index (χ0n) is 19.7. The summed E-state index contributed by atoms with van der Waals surface area (Å²) in [6.45, 7) is 6.27. The van der Waals surface area contributed by atoms with E-state index in [1.54, 1.807) is 12.3 Å². The van der Waals surface area contributed by atoms with E-state index in [-0.39, 0.29) is 16.8 Å². The fourth-order valence-corrected chi connectivity index (χ4v) is 4.36. The largest absolute Gasteiger partial charge is 0.395 e. The molecule has 5 nitrogen and oxygen atoms in total. The zero-order valence-corrected chi connectivity index (χ0v) is 19.7. The van der Waals surface area contributed by atoms with Gasteiger partial charge in [-0.2, -0.15) is 0 Å². The minimum atomic E-state index is -0.744. The van der Waals surface area contributed by atoms with Crippen molar-refractivity contribution >= 4 is 5.71 Å². The van der Waals surface area contributed by atoms with Crippen LogP contribution >= 0.6 is 0 Å². The molecule has 4 rings (SSSR count). The van der Waals surface area contributed by atoms with Crippen LogP contribution in [-0.4, -0.2) is 41.9 Å². The van der Waals surface area contributed by atoms with Crippen LogP contribution in [0, 0.1) is 31.4 Å². The fraction of sp³-hybridized carbons (Fsp3) is 0.333. The van der Waals surface area contributed by atoms with Gasteiger partial charge in [0.15, 0.2) is 0 Å². The molecule has 0 bridgehead atoms. The van der Waals surface area contributed by atoms with Crippen LogP contribution in [0.5, 0.6) is 0 Å². The first-order valence-corrected chi connectivity index (χ1v) is 11.5. The van der Waals surface area contributed by atoms with Crippen LogP contribution in [0.3, 0.4) is 0 Å². The summed E-state index contributed by atoms with van der Waals surface area (Å²) >= 11 is 0. The van der Waals surface area contributed by atoms with Gasteiger partial charge in [-0.3, -0.25) is 9.36 Å². The van der Waals surface area contributed by atoms with Crippen LogP contribution in [0.4, 0.5) is 8.78 Å². The van der Waals surface area contributed by atoms with Gasteiger partial charge in [0.2, 0.25) is 0 Å². The highest BCUT2D eigenvalue weighted by atomic mass is 19.1. The number of para-hydroxylation sites is 1. The van der Waals surface area contributed by atoms with E-state index in [2.05, 4.69) is 17.1 Å². The lowest BCUT2D eigenvalue weighted by Crippen LogP contribution is -2.31. The van der Waals surface area contributed by atoms with E-state index in [0.717, 1.165) is 48.8 Å². The number of piperidine rings is 1. The number of aryl methyl sites for hydroxylation is 2. The summed E-state index contributed by atoms with van der Waals surface area (Å²) in [5.74, 6) is -1.05. The third-order valence-electron chi connectivity index (χ3n) is 6.36. The SMILES string of the molecule is Cc1cccc(C)c1-n1cc(C(=NOCC2CCN(C)CC2)c2ccc(F)cc2F)ccc1=O. The predicted octanol–water partition coefficient (Wildman–Crippen LogP) is 4.84. The number of oxime groups is 1.